The topological polar surface area (TPSA) is 95.9 Å². The zero-order valence-electron chi connectivity index (χ0n) is 7.88. The minimum Gasteiger partial charge on any atom is -0.468 e. The number of nitrogens with two attached hydrogens (primary N) is 1. The molecule has 0 fully saturated rings. The standard InChI is InChI=1S/C6H11N5O2S/c1-11-6(8-9-10-11)14-3-4(7)5(12)13-2/h4H,3,7H2,1-2H3. The summed E-state index contributed by atoms with van der Waals surface area (Å²) in [6.45, 7) is 0. The van der Waals surface area contributed by atoms with Gasteiger partial charge in [0.15, 0.2) is 0 Å². The van der Waals surface area contributed by atoms with Crippen LogP contribution in [0.15, 0.2) is 5.16 Å². The molecule has 1 atom stereocenters. The first-order chi connectivity index (χ1) is 6.65. The van der Waals surface area contributed by atoms with E-state index in [1.165, 1.54) is 23.6 Å². The maximum atomic E-state index is 10.9. The van der Waals surface area contributed by atoms with E-state index in [0.29, 0.717) is 10.9 Å². The Kier molecular flexibility index (Phi) is 3.84. The normalized spacial score (nSPS) is 12.5. The summed E-state index contributed by atoms with van der Waals surface area (Å²) < 4.78 is 5.99. The first kappa shape index (κ1) is 10.9. The molecule has 0 spiro atoms. The summed E-state index contributed by atoms with van der Waals surface area (Å²) >= 11 is 1.31. The molecule has 1 aromatic heterocycles. The van der Waals surface area contributed by atoms with Crippen molar-refractivity contribution in [3.05, 3.63) is 0 Å². The first-order valence-electron chi connectivity index (χ1n) is 3.83. The molecule has 0 radical (unpaired) electrons. The van der Waals surface area contributed by atoms with Crippen LogP contribution in [0.1, 0.15) is 0 Å². The molecule has 0 aliphatic rings. The van der Waals surface area contributed by atoms with Gasteiger partial charge >= 0.3 is 5.97 Å². The van der Waals surface area contributed by atoms with Crippen molar-refractivity contribution >= 4 is 17.7 Å². The monoisotopic (exact) mass is 217 g/mol. The van der Waals surface area contributed by atoms with E-state index in [1.807, 2.05) is 0 Å². The molecule has 2 N–H and O–H groups in total. The van der Waals surface area contributed by atoms with Crippen molar-refractivity contribution in [2.75, 3.05) is 12.9 Å². The van der Waals surface area contributed by atoms with Gasteiger partial charge in [-0.2, -0.15) is 0 Å². The Hall–Kier alpha value is -1.15. The van der Waals surface area contributed by atoms with Crippen molar-refractivity contribution < 1.29 is 9.53 Å². The van der Waals surface area contributed by atoms with Gasteiger partial charge in [0, 0.05) is 12.8 Å². The number of ether oxygens (including phenoxy) is 1. The lowest BCUT2D eigenvalue weighted by atomic mass is 10.4. The molecule has 1 rings (SSSR count). The number of tetrazole rings is 1. The van der Waals surface area contributed by atoms with Gasteiger partial charge in [-0.05, 0) is 10.4 Å². The third kappa shape index (κ3) is 2.67. The maximum Gasteiger partial charge on any atom is 0.323 e. The van der Waals surface area contributed by atoms with Crippen LogP contribution in [0.4, 0.5) is 0 Å². The molecular formula is C6H11N5O2S. The van der Waals surface area contributed by atoms with Crippen molar-refractivity contribution in [3.8, 4) is 0 Å². The van der Waals surface area contributed by atoms with E-state index in [9.17, 15) is 4.79 Å². The number of carbonyl (C=O) groups is 1. The van der Waals surface area contributed by atoms with Gasteiger partial charge in [-0.3, -0.25) is 4.79 Å². The average molecular weight is 217 g/mol. The van der Waals surface area contributed by atoms with Gasteiger partial charge in [0.05, 0.1) is 7.11 Å². The smallest absolute Gasteiger partial charge is 0.323 e. The Bertz CT molecular complexity index is 315. The Balaban J connectivity index is 2.41. The van der Waals surface area contributed by atoms with Crippen LogP contribution in [-0.4, -0.2) is 45.1 Å². The molecule has 78 valence electrons. The maximum absolute atomic E-state index is 10.9. The summed E-state index contributed by atoms with van der Waals surface area (Å²) in [5.41, 5.74) is 5.52. The number of thioether (sulfide) groups is 1. The highest BCUT2D eigenvalue weighted by atomic mass is 32.2. The van der Waals surface area contributed by atoms with Crippen LogP contribution in [0.2, 0.25) is 0 Å². The number of esters is 1. The fraction of sp³-hybridized carbons (Fsp3) is 0.667. The molecule has 8 heteroatoms. The highest BCUT2D eigenvalue weighted by Crippen LogP contribution is 2.12. The van der Waals surface area contributed by atoms with E-state index in [4.69, 9.17) is 5.73 Å². The number of aromatic nitrogens is 4. The zero-order chi connectivity index (χ0) is 10.6. The van der Waals surface area contributed by atoms with E-state index in [1.54, 1.807) is 7.05 Å². The fourth-order valence-corrected chi connectivity index (χ4v) is 1.51. The molecule has 1 aromatic rings. The quantitative estimate of drug-likeness (QED) is 0.500. The van der Waals surface area contributed by atoms with Gasteiger partial charge in [-0.25, -0.2) is 4.68 Å². The van der Waals surface area contributed by atoms with Crippen molar-refractivity contribution in [3.63, 3.8) is 0 Å². The number of hydrogen-bond acceptors (Lipinski definition) is 7. The molecule has 14 heavy (non-hydrogen) atoms. The van der Waals surface area contributed by atoms with Crippen molar-refractivity contribution in [1.29, 1.82) is 0 Å². The SMILES string of the molecule is COC(=O)C(N)CSc1nnnn1C. The van der Waals surface area contributed by atoms with Crippen molar-refractivity contribution in [2.45, 2.75) is 11.2 Å². The van der Waals surface area contributed by atoms with E-state index >= 15 is 0 Å². The van der Waals surface area contributed by atoms with E-state index in [0.717, 1.165) is 0 Å². The molecule has 1 heterocycles. The van der Waals surface area contributed by atoms with Gasteiger partial charge in [0.1, 0.15) is 6.04 Å². The first-order valence-corrected chi connectivity index (χ1v) is 4.82. The largest absolute Gasteiger partial charge is 0.468 e. The number of methoxy groups -OCH3 is 1. The van der Waals surface area contributed by atoms with Crippen LogP contribution >= 0.6 is 11.8 Å². The van der Waals surface area contributed by atoms with Gasteiger partial charge < -0.3 is 10.5 Å². The molecule has 7 nitrogen and oxygen atoms in total. The number of hydrogen-bond donors (Lipinski definition) is 1. The van der Waals surface area contributed by atoms with E-state index in [-0.39, 0.29) is 0 Å². The molecule has 0 aromatic carbocycles. The van der Waals surface area contributed by atoms with Gasteiger partial charge in [0.25, 0.3) is 0 Å². The lowest BCUT2D eigenvalue weighted by Gasteiger charge is -2.06. The van der Waals surface area contributed by atoms with Crippen LogP contribution < -0.4 is 5.73 Å². The zero-order valence-corrected chi connectivity index (χ0v) is 8.69. The van der Waals surface area contributed by atoms with Crippen LogP contribution in [0.3, 0.4) is 0 Å². The second-order valence-electron chi connectivity index (χ2n) is 2.53. The average Bonchev–Trinajstić information content (AvgIpc) is 2.59. The Morgan fingerprint density at radius 2 is 2.50 bits per heavy atom. The number of carbonyl (C=O) groups excluding carboxylic acids is 1. The fourth-order valence-electron chi connectivity index (χ4n) is 0.727. The minimum atomic E-state index is -0.651. The van der Waals surface area contributed by atoms with Crippen LogP contribution in [0.5, 0.6) is 0 Å². The van der Waals surface area contributed by atoms with Crippen LogP contribution in [0, 0.1) is 0 Å². The van der Waals surface area contributed by atoms with E-state index < -0.39 is 12.0 Å². The Morgan fingerprint density at radius 3 is 3.00 bits per heavy atom. The Morgan fingerprint density at radius 1 is 1.79 bits per heavy atom. The van der Waals surface area contributed by atoms with Crippen LogP contribution in [0.25, 0.3) is 0 Å². The van der Waals surface area contributed by atoms with Crippen molar-refractivity contribution in [1.82, 2.24) is 20.2 Å². The molecular weight excluding hydrogens is 206 g/mol. The Labute approximate surface area is 85.0 Å². The predicted molar refractivity (Wildman–Crippen MR) is 49.5 cm³/mol. The summed E-state index contributed by atoms with van der Waals surface area (Å²) in [6, 6.07) is -0.651. The minimum absolute atomic E-state index is 0.390. The molecule has 0 saturated heterocycles. The number of nitrogens with zero attached hydrogens (tertiary/aromatic N) is 4. The molecule has 0 bridgehead atoms. The molecule has 0 saturated carbocycles. The number of rotatable bonds is 4. The summed E-state index contributed by atoms with van der Waals surface area (Å²) in [6.07, 6.45) is 0. The van der Waals surface area contributed by atoms with Crippen molar-refractivity contribution in [2.24, 2.45) is 12.8 Å². The third-order valence-electron chi connectivity index (χ3n) is 1.48. The highest BCUT2D eigenvalue weighted by Gasteiger charge is 2.15. The lowest BCUT2D eigenvalue weighted by molar-refractivity contribution is -0.141. The predicted octanol–water partition coefficient (Wildman–Crippen LogP) is -1.20. The summed E-state index contributed by atoms with van der Waals surface area (Å²) in [5.74, 6) is -0.0476. The van der Waals surface area contributed by atoms with Gasteiger partial charge in [-0.15, -0.1) is 5.10 Å². The molecule has 0 aliphatic heterocycles. The van der Waals surface area contributed by atoms with Crippen LogP contribution in [-0.2, 0) is 16.6 Å². The summed E-state index contributed by atoms with van der Waals surface area (Å²) in [5, 5.41) is 11.4. The molecule has 0 amide bonds. The summed E-state index contributed by atoms with van der Waals surface area (Å²) in [4.78, 5) is 10.9. The highest BCUT2D eigenvalue weighted by molar-refractivity contribution is 7.99. The van der Waals surface area contributed by atoms with Gasteiger partial charge in [-0.1, -0.05) is 11.8 Å². The second kappa shape index (κ2) is 4.91. The third-order valence-corrected chi connectivity index (χ3v) is 2.61. The number of aryl methyl sites for hydroxylation is 1. The lowest BCUT2D eigenvalue weighted by Crippen LogP contribution is -2.33. The van der Waals surface area contributed by atoms with E-state index in [2.05, 4.69) is 20.3 Å². The second-order valence-corrected chi connectivity index (χ2v) is 3.51. The molecule has 1 unspecified atom stereocenters. The van der Waals surface area contributed by atoms with Gasteiger partial charge in [0.2, 0.25) is 5.16 Å². The molecule has 0 aliphatic carbocycles. The summed E-state index contributed by atoms with van der Waals surface area (Å²) in [7, 11) is 3.02.